The van der Waals surface area contributed by atoms with Crippen LogP contribution in [-0.4, -0.2) is 32.2 Å². The molecule has 0 aliphatic carbocycles. The standard InChI is InChI=1S/C14H8N2O7S2/c17-12(18)10-8-7(9-11(24-10)15-14(20)25-9)5-3-4(16(21)22)1-2-6(5)23-13(8)19/h1-3,7-8,10H,(H,15,20)(H,17,18)/t7-,8+,10-/m1/s1. The Morgan fingerprint density at radius 1 is 1.36 bits per heavy atom. The third kappa shape index (κ3) is 2.35. The summed E-state index contributed by atoms with van der Waals surface area (Å²) in [5, 5.41) is 19.8. The zero-order valence-corrected chi connectivity index (χ0v) is 13.8. The van der Waals surface area contributed by atoms with Gasteiger partial charge in [-0.1, -0.05) is 23.1 Å². The van der Waals surface area contributed by atoms with Gasteiger partial charge in [0.25, 0.3) is 5.69 Å². The average Bonchev–Trinajstić information content (AvgIpc) is 2.93. The van der Waals surface area contributed by atoms with E-state index >= 15 is 0 Å². The zero-order valence-electron chi connectivity index (χ0n) is 12.1. The van der Waals surface area contributed by atoms with E-state index in [9.17, 15) is 29.6 Å². The smallest absolute Gasteiger partial charge is 0.317 e. The lowest BCUT2D eigenvalue weighted by Gasteiger charge is -2.37. The summed E-state index contributed by atoms with van der Waals surface area (Å²) in [5.41, 5.74) is 0.131. The molecule has 0 radical (unpaired) electrons. The molecule has 2 N–H and O–H groups in total. The van der Waals surface area contributed by atoms with Crippen LogP contribution in [0.25, 0.3) is 0 Å². The number of hydrogen-bond acceptors (Lipinski definition) is 8. The minimum absolute atomic E-state index is 0.139. The summed E-state index contributed by atoms with van der Waals surface area (Å²) in [4.78, 5) is 49.0. The molecule has 0 spiro atoms. The van der Waals surface area contributed by atoms with Crippen molar-refractivity contribution in [1.82, 2.24) is 4.98 Å². The van der Waals surface area contributed by atoms with Gasteiger partial charge in [0, 0.05) is 28.5 Å². The molecule has 0 fully saturated rings. The van der Waals surface area contributed by atoms with E-state index in [2.05, 4.69) is 4.98 Å². The highest BCUT2D eigenvalue weighted by Gasteiger charge is 2.52. The van der Waals surface area contributed by atoms with Gasteiger partial charge in [-0.3, -0.25) is 24.5 Å². The summed E-state index contributed by atoms with van der Waals surface area (Å²) < 4.78 is 5.22. The third-order valence-electron chi connectivity index (χ3n) is 4.12. The topological polar surface area (TPSA) is 140 Å². The van der Waals surface area contributed by atoms with Gasteiger partial charge in [0.2, 0.25) is 0 Å². The Morgan fingerprint density at radius 3 is 2.80 bits per heavy atom. The molecule has 0 saturated carbocycles. The number of carbonyl (C=O) groups is 2. The summed E-state index contributed by atoms with van der Waals surface area (Å²) in [5.74, 6) is -3.66. The normalized spacial score (nSPS) is 23.8. The number of H-pyrrole nitrogens is 1. The number of carboxylic acid groups (broad SMARTS) is 1. The van der Waals surface area contributed by atoms with E-state index in [1.54, 1.807) is 0 Å². The van der Waals surface area contributed by atoms with E-state index < -0.39 is 33.9 Å². The maximum atomic E-state index is 12.4. The molecule has 25 heavy (non-hydrogen) atoms. The average molecular weight is 380 g/mol. The number of aromatic amines is 1. The Morgan fingerprint density at radius 2 is 2.12 bits per heavy atom. The first kappa shape index (κ1) is 15.8. The van der Waals surface area contributed by atoms with Crippen molar-refractivity contribution in [1.29, 1.82) is 0 Å². The van der Waals surface area contributed by atoms with E-state index in [0.717, 1.165) is 23.1 Å². The number of esters is 1. The van der Waals surface area contributed by atoms with Gasteiger partial charge in [0.05, 0.1) is 15.9 Å². The van der Waals surface area contributed by atoms with Crippen molar-refractivity contribution in [3.05, 3.63) is 48.4 Å². The molecule has 3 heterocycles. The quantitative estimate of drug-likeness (QED) is 0.346. The monoisotopic (exact) mass is 380 g/mol. The van der Waals surface area contributed by atoms with Crippen molar-refractivity contribution < 1.29 is 24.4 Å². The molecule has 4 rings (SSSR count). The van der Waals surface area contributed by atoms with Crippen LogP contribution in [0.3, 0.4) is 0 Å². The van der Waals surface area contributed by atoms with E-state index in [1.807, 2.05) is 0 Å². The number of aromatic nitrogens is 1. The highest BCUT2D eigenvalue weighted by molar-refractivity contribution is 8.00. The molecule has 11 heteroatoms. The van der Waals surface area contributed by atoms with Crippen LogP contribution in [0.4, 0.5) is 5.69 Å². The molecule has 0 amide bonds. The second kappa shape index (κ2) is 5.43. The molecular formula is C14H8N2O7S2. The first-order valence-corrected chi connectivity index (χ1v) is 8.69. The van der Waals surface area contributed by atoms with E-state index in [4.69, 9.17) is 4.74 Å². The number of nitro benzene ring substituents is 1. The van der Waals surface area contributed by atoms with Gasteiger partial charge in [-0.15, -0.1) is 0 Å². The fraction of sp³-hybridized carbons (Fsp3) is 0.214. The number of carbonyl (C=O) groups excluding carboxylic acids is 1. The van der Waals surface area contributed by atoms with E-state index in [0.29, 0.717) is 15.5 Å². The number of fused-ring (bicyclic) bond motifs is 5. The van der Waals surface area contributed by atoms with Crippen molar-refractivity contribution in [2.45, 2.75) is 16.2 Å². The third-order valence-corrected chi connectivity index (χ3v) is 6.52. The molecular weight excluding hydrogens is 372 g/mol. The van der Waals surface area contributed by atoms with Gasteiger partial charge < -0.3 is 14.8 Å². The summed E-state index contributed by atoms with van der Waals surface area (Å²) in [6.45, 7) is 0. The number of ether oxygens (including phenoxy) is 1. The minimum Gasteiger partial charge on any atom is -0.480 e. The van der Waals surface area contributed by atoms with Crippen LogP contribution in [0.2, 0.25) is 0 Å². The second-order valence-corrected chi connectivity index (χ2v) is 7.65. The molecule has 3 atom stereocenters. The van der Waals surface area contributed by atoms with Crippen LogP contribution in [0, 0.1) is 16.0 Å². The summed E-state index contributed by atoms with van der Waals surface area (Å²) in [6.07, 6.45) is 0. The largest absolute Gasteiger partial charge is 0.480 e. The summed E-state index contributed by atoms with van der Waals surface area (Å²) in [6, 6.07) is 3.79. The van der Waals surface area contributed by atoms with Gasteiger partial charge >= 0.3 is 16.8 Å². The van der Waals surface area contributed by atoms with Crippen LogP contribution >= 0.6 is 23.1 Å². The number of nitrogens with one attached hydrogen (secondary N) is 1. The van der Waals surface area contributed by atoms with Gasteiger partial charge in [-0.2, -0.15) is 0 Å². The molecule has 128 valence electrons. The molecule has 0 bridgehead atoms. The number of non-ortho nitro benzene ring substituents is 1. The Hall–Kier alpha value is -2.66. The lowest BCUT2D eigenvalue weighted by Crippen LogP contribution is -2.44. The van der Waals surface area contributed by atoms with Crippen LogP contribution < -0.4 is 9.61 Å². The molecule has 2 aliphatic rings. The molecule has 0 unspecified atom stereocenters. The highest BCUT2D eigenvalue weighted by atomic mass is 32.2. The maximum Gasteiger partial charge on any atom is 0.317 e. The highest BCUT2D eigenvalue weighted by Crippen LogP contribution is 2.53. The van der Waals surface area contributed by atoms with Crippen molar-refractivity contribution >= 4 is 40.7 Å². The van der Waals surface area contributed by atoms with Gasteiger partial charge in [0.15, 0.2) is 0 Å². The number of nitro groups is 1. The molecule has 1 aromatic heterocycles. The number of nitrogens with zero attached hydrogens (tertiary/aromatic N) is 1. The predicted molar refractivity (Wildman–Crippen MR) is 86.3 cm³/mol. The molecule has 0 saturated heterocycles. The second-order valence-electron chi connectivity index (χ2n) is 5.49. The SMILES string of the molecule is O=C1Oc2ccc([N+](=O)[O-])cc2[C@H]2c3sc(=O)[nH]c3S[C@@H](C(=O)O)[C@@H]12. The Kier molecular flexibility index (Phi) is 3.44. The molecule has 9 nitrogen and oxygen atoms in total. The van der Waals surface area contributed by atoms with Gasteiger partial charge in [-0.05, 0) is 6.07 Å². The first-order valence-electron chi connectivity index (χ1n) is 6.99. The van der Waals surface area contributed by atoms with Crippen molar-refractivity contribution in [2.24, 2.45) is 5.92 Å². The number of thioether (sulfide) groups is 1. The van der Waals surface area contributed by atoms with E-state index in [1.165, 1.54) is 18.2 Å². The van der Waals surface area contributed by atoms with Crippen molar-refractivity contribution in [3.63, 3.8) is 0 Å². The lowest BCUT2D eigenvalue weighted by atomic mass is 9.80. The molecule has 2 aliphatic heterocycles. The zero-order chi connectivity index (χ0) is 17.9. The number of benzene rings is 1. The van der Waals surface area contributed by atoms with Gasteiger partial charge in [0.1, 0.15) is 11.0 Å². The van der Waals surface area contributed by atoms with E-state index in [-0.39, 0.29) is 16.3 Å². The number of carboxylic acids is 1. The van der Waals surface area contributed by atoms with Crippen molar-refractivity contribution in [2.75, 3.05) is 0 Å². The summed E-state index contributed by atoms with van der Waals surface area (Å²) in [7, 11) is 0. The number of hydrogen-bond donors (Lipinski definition) is 2. The van der Waals surface area contributed by atoms with Crippen LogP contribution in [0.1, 0.15) is 16.4 Å². The molecule has 1 aromatic carbocycles. The number of aliphatic carboxylic acids is 1. The Labute approximate surface area is 146 Å². The number of rotatable bonds is 2. The fourth-order valence-electron chi connectivity index (χ4n) is 3.12. The fourth-order valence-corrected chi connectivity index (χ4v) is 5.51. The predicted octanol–water partition coefficient (Wildman–Crippen LogP) is 1.57. The van der Waals surface area contributed by atoms with Crippen LogP contribution in [-0.2, 0) is 9.59 Å². The first-order chi connectivity index (χ1) is 11.9. The maximum absolute atomic E-state index is 12.4. The number of thiazole rings is 1. The summed E-state index contributed by atoms with van der Waals surface area (Å²) >= 11 is 1.75. The lowest BCUT2D eigenvalue weighted by molar-refractivity contribution is -0.385. The minimum atomic E-state index is -1.22. The Bertz CT molecular complexity index is 995. The van der Waals surface area contributed by atoms with Crippen LogP contribution in [0.5, 0.6) is 5.75 Å². The Balaban J connectivity index is 1.98. The molecule has 2 aromatic rings. The van der Waals surface area contributed by atoms with Crippen molar-refractivity contribution in [3.8, 4) is 5.75 Å². The van der Waals surface area contributed by atoms with Gasteiger partial charge in [-0.25, -0.2) is 0 Å². The van der Waals surface area contributed by atoms with Crippen LogP contribution in [0.15, 0.2) is 28.0 Å².